The van der Waals surface area contributed by atoms with Crippen molar-refractivity contribution >= 4 is 52.3 Å². The number of nitro groups is 1. The number of benzene rings is 3. The maximum absolute atomic E-state index is 13.7. The molecule has 1 fully saturated rings. The third kappa shape index (κ3) is 3.12. The number of nitrogens with one attached hydrogen (secondary N) is 1. The maximum atomic E-state index is 13.7. The second kappa shape index (κ2) is 8.13. The van der Waals surface area contributed by atoms with E-state index in [0.717, 1.165) is 4.90 Å². The van der Waals surface area contributed by atoms with Gasteiger partial charge in [0.05, 0.1) is 16.8 Å². The molecule has 4 aliphatic rings. The molecule has 0 unspecified atom stereocenters. The van der Waals surface area contributed by atoms with Gasteiger partial charge in [0.1, 0.15) is 9.75 Å². The predicted molar refractivity (Wildman–Crippen MR) is 136 cm³/mol. The fourth-order valence-corrected chi connectivity index (χ4v) is 7.15. The number of rotatable bonds is 5. The lowest BCUT2D eigenvalue weighted by molar-refractivity contribution is -0.384. The van der Waals surface area contributed by atoms with E-state index < -0.39 is 44.2 Å². The number of anilines is 1. The molecule has 0 spiro atoms. The first-order chi connectivity index (χ1) is 17.7. The molecule has 186 valence electrons. The summed E-state index contributed by atoms with van der Waals surface area (Å²) in [5.74, 6) is -3.19. The zero-order chi connectivity index (χ0) is 26.1. The van der Waals surface area contributed by atoms with Crippen LogP contribution in [0.25, 0.3) is 0 Å². The number of nitrogens with zero attached hydrogens (tertiary/aromatic N) is 2. The van der Waals surface area contributed by atoms with Crippen LogP contribution in [0, 0.1) is 22.0 Å². The van der Waals surface area contributed by atoms with Gasteiger partial charge in [-0.05, 0) is 34.4 Å². The highest BCUT2D eigenvalue weighted by Gasteiger charge is 2.72. The van der Waals surface area contributed by atoms with Gasteiger partial charge >= 0.3 is 0 Å². The van der Waals surface area contributed by atoms with Crippen LogP contribution in [-0.4, -0.2) is 34.1 Å². The summed E-state index contributed by atoms with van der Waals surface area (Å²) in [7, 11) is 0. The molecule has 2 bridgehead atoms. The molecule has 3 amide bonds. The third-order valence-electron chi connectivity index (χ3n) is 7.60. The lowest BCUT2D eigenvalue weighted by Crippen LogP contribution is -2.57. The van der Waals surface area contributed by atoms with Crippen LogP contribution in [0.5, 0.6) is 0 Å². The van der Waals surface area contributed by atoms with E-state index in [1.165, 1.54) is 24.3 Å². The van der Waals surface area contributed by atoms with Crippen molar-refractivity contribution in [2.45, 2.75) is 16.2 Å². The van der Waals surface area contributed by atoms with Gasteiger partial charge in [-0.2, -0.15) is 0 Å². The molecule has 1 heterocycles. The summed E-state index contributed by atoms with van der Waals surface area (Å²) in [6, 6.07) is 20.1. The van der Waals surface area contributed by atoms with Crippen molar-refractivity contribution in [2.24, 2.45) is 11.8 Å². The minimum absolute atomic E-state index is 0.101. The molecule has 1 N–H and O–H groups in total. The number of alkyl halides is 2. The standard InChI is InChI=1S/C27H19Cl2N3O5/c28-26-17-5-1-2-6-18(17)27(29,20-8-4-3-7-19(20)26)23-22(26)24(34)31(25(23)35)14-13-21(33)30-15-9-11-16(12-10-15)32(36)37/h1-12,22-23H,13-14H2,(H,30,33)/t22-,23+,26?,27?. The summed E-state index contributed by atoms with van der Waals surface area (Å²) < 4.78 is 0. The van der Waals surface area contributed by atoms with Crippen LogP contribution in [0.3, 0.4) is 0 Å². The van der Waals surface area contributed by atoms with E-state index >= 15 is 0 Å². The number of hydrogen-bond donors (Lipinski definition) is 1. The van der Waals surface area contributed by atoms with E-state index in [-0.39, 0.29) is 18.7 Å². The molecule has 8 nitrogen and oxygen atoms in total. The van der Waals surface area contributed by atoms with Gasteiger partial charge in [-0.3, -0.25) is 29.4 Å². The van der Waals surface area contributed by atoms with Crippen LogP contribution < -0.4 is 5.32 Å². The first-order valence-corrected chi connectivity index (χ1v) is 12.4. The first kappa shape index (κ1) is 23.6. The van der Waals surface area contributed by atoms with Gasteiger partial charge in [0.25, 0.3) is 5.69 Å². The Kier molecular flexibility index (Phi) is 5.19. The monoisotopic (exact) mass is 535 g/mol. The summed E-state index contributed by atoms with van der Waals surface area (Å²) in [6.07, 6.45) is -0.154. The van der Waals surface area contributed by atoms with Crippen LogP contribution in [0.4, 0.5) is 11.4 Å². The van der Waals surface area contributed by atoms with Crippen molar-refractivity contribution in [3.05, 3.63) is 105 Å². The van der Waals surface area contributed by atoms with E-state index in [4.69, 9.17) is 23.2 Å². The fourth-order valence-electron chi connectivity index (χ4n) is 6.05. The second-order valence-corrected chi connectivity index (χ2v) is 10.6. The first-order valence-electron chi connectivity index (χ1n) is 11.7. The van der Waals surface area contributed by atoms with Gasteiger partial charge in [0.15, 0.2) is 0 Å². The minimum atomic E-state index is -1.27. The zero-order valence-electron chi connectivity index (χ0n) is 19.2. The predicted octanol–water partition coefficient (Wildman–Crippen LogP) is 4.52. The molecule has 0 radical (unpaired) electrons. The van der Waals surface area contributed by atoms with E-state index in [2.05, 4.69) is 5.32 Å². The quantitative estimate of drug-likeness (QED) is 0.223. The lowest BCUT2D eigenvalue weighted by atomic mass is 9.54. The van der Waals surface area contributed by atoms with Gasteiger partial charge in [-0.15, -0.1) is 23.2 Å². The number of hydrogen-bond acceptors (Lipinski definition) is 5. The Bertz CT molecular complexity index is 1380. The number of amides is 3. The largest absolute Gasteiger partial charge is 0.326 e. The summed E-state index contributed by atoms with van der Waals surface area (Å²) in [5, 5.41) is 13.5. The Hall–Kier alpha value is -3.75. The highest BCUT2D eigenvalue weighted by Crippen LogP contribution is 2.69. The van der Waals surface area contributed by atoms with E-state index in [1.807, 2.05) is 48.5 Å². The second-order valence-electron chi connectivity index (χ2n) is 9.40. The fraction of sp³-hybridized carbons (Fsp3) is 0.222. The van der Waals surface area contributed by atoms with Gasteiger partial charge in [-0.1, -0.05) is 48.5 Å². The molecule has 1 aliphatic heterocycles. The zero-order valence-corrected chi connectivity index (χ0v) is 20.7. The number of imide groups is 1. The van der Waals surface area contributed by atoms with Crippen molar-refractivity contribution in [1.29, 1.82) is 0 Å². The number of carbonyl (C=O) groups excluding carboxylic acids is 3. The van der Waals surface area contributed by atoms with Gasteiger partial charge in [0.2, 0.25) is 17.7 Å². The Morgan fingerprint density at radius 3 is 1.68 bits per heavy atom. The highest BCUT2D eigenvalue weighted by molar-refractivity contribution is 6.36. The lowest BCUT2D eigenvalue weighted by Gasteiger charge is -2.54. The van der Waals surface area contributed by atoms with Crippen LogP contribution in [0.2, 0.25) is 0 Å². The molecule has 3 aliphatic carbocycles. The number of halogens is 2. The molecular formula is C27H19Cl2N3O5. The average molecular weight is 536 g/mol. The Morgan fingerprint density at radius 2 is 1.27 bits per heavy atom. The molecule has 2 atom stereocenters. The van der Waals surface area contributed by atoms with Gasteiger partial charge < -0.3 is 5.32 Å². The van der Waals surface area contributed by atoms with E-state index in [9.17, 15) is 24.5 Å². The number of non-ortho nitro benzene ring substituents is 1. The molecule has 1 saturated heterocycles. The molecule has 3 aromatic rings. The third-order valence-corrected chi connectivity index (χ3v) is 8.89. The minimum Gasteiger partial charge on any atom is -0.326 e. The summed E-state index contributed by atoms with van der Waals surface area (Å²) in [5.41, 5.74) is 3.12. The molecule has 3 aromatic carbocycles. The average Bonchev–Trinajstić information content (AvgIpc) is 3.16. The molecule has 0 aromatic heterocycles. The van der Waals surface area contributed by atoms with Gasteiger partial charge in [-0.25, -0.2) is 0 Å². The van der Waals surface area contributed by atoms with Crippen LogP contribution in [0.15, 0.2) is 72.8 Å². The topological polar surface area (TPSA) is 110 Å². The number of carbonyl (C=O) groups is 3. The van der Waals surface area contributed by atoms with Crippen molar-refractivity contribution in [3.63, 3.8) is 0 Å². The van der Waals surface area contributed by atoms with Crippen molar-refractivity contribution < 1.29 is 19.3 Å². The maximum Gasteiger partial charge on any atom is 0.269 e. The molecule has 0 saturated carbocycles. The van der Waals surface area contributed by atoms with Crippen molar-refractivity contribution in [3.8, 4) is 0 Å². The smallest absolute Gasteiger partial charge is 0.269 e. The van der Waals surface area contributed by atoms with Crippen LogP contribution >= 0.6 is 23.2 Å². The van der Waals surface area contributed by atoms with Crippen LogP contribution in [-0.2, 0) is 24.1 Å². The molecule has 10 heteroatoms. The van der Waals surface area contributed by atoms with E-state index in [1.54, 1.807) is 0 Å². The normalized spacial score (nSPS) is 26.9. The molecule has 37 heavy (non-hydrogen) atoms. The summed E-state index contributed by atoms with van der Waals surface area (Å²) in [6.45, 7) is -0.143. The Labute approximate surface area is 221 Å². The summed E-state index contributed by atoms with van der Waals surface area (Å²) in [4.78, 5) is 48.9. The molecule has 7 rings (SSSR count). The van der Waals surface area contributed by atoms with Crippen molar-refractivity contribution in [2.75, 3.05) is 11.9 Å². The van der Waals surface area contributed by atoms with Gasteiger partial charge in [0, 0.05) is 30.8 Å². The SMILES string of the molecule is O=C(CCN1C(=O)[C@@H]2[C@H](C1=O)C1(Cl)c3ccccc3C2(Cl)c2ccccc21)Nc1ccc([N+](=O)[O-])cc1. The number of nitro benzene ring substituents is 1. The highest BCUT2D eigenvalue weighted by atomic mass is 35.5. The summed E-state index contributed by atoms with van der Waals surface area (Å²) >= 11 is 14.7. The van der Waals surface area contributed by atoms with Crippen molar-refractivity contribution in [1.82, 2.24) is 4.90 Å². The molecular weight excluding hydrogens is 517 g/mol. The Balaban J connectivity index is 1.29. The van der Waals surface area contributed by atoms with Crippen LogP contribution in [0.1, 0.15) is 28.7 Å². The Morgan fingerprint density at radius 1 is 0.838 bits per heavy atom. The number of likely N-dealkylation sites (tertiary alicyclic amines) is 1. The van der Waals surface area contributed by atoms with E-state index in [0.29, 0.717) is 27.9 Å².